The Morgan fingerprint density at radius 2 is 1.75 bits per heavy atom. The molecule has 2 aromatic heterocycles. The monoisotopic (exact) mass is 489 g/mol. The summed E-state index contributed by atoms with van der Waals surface area (Å²) in [6.07, 6.45) is -3.36. The van der Waals surface area contributed by atoms with Crippen molar-refractivity contribution in [1.82, 2.24) is 14.3 Å². The van der Waals surface area contributed by atoms with E-state index in [2.05, 4.69) is 10.3 Å². The first-order valence-electron chi connectivity index (χ1n) is 9.21. The zero-order valence-corrected chi connectivity index (χ0v) is 19.3. The number of nitrogens with one attached hydrogen (secondary N) is 1. The number of benzene rings is 1. The molecule has 0 fully saturated rings. The highest BCUT2D eigenvalue weighted by molar-refractivity contribution is 7.92. The minimum atomic E-state index is -5.08. The van der Waals surface area contributed by atoms with Crippen LogP contribution in [0.5, 0.6) is 0 Å². The molecule has 0 unspecified atom stereocenters. The maximum absolute atomic E-state index is 13.3. The molecular formula is C20H22F3N3O4S2. The van der Waals surface area contributed by atoms with Gasteiger partial charge in [-0.15, -0.1) is 11.3 Å². The number of aliphatic carboxylic acids is 1. The average molecular weight is 490 g/mol. The lowest BCUT2D eigenvalue weighted by molar-refractivity contribution is -0.192. The lowest BCUT2D eigenvalue weighted by Gasteiger charge is -2.11. The molecule has 0 atom stereocenters. The SMILES string of the molecule is CNCc1cn(S(=O)(=O)c2sc(C)nc2C)c(-c2ccccc2)c1C.O=C(O)C(F)(F)F. The Morgan fingerprint density at radius 3 is 2.19 bits per heavy atom. The van der Waals surface area contributed by atoms with Crippen LogP contribution in [-0.2, 0) is 21.4 Å². The van der Waals surface area contributed by atoms with E-state index in [1.807, 2.05) is 51.2 Å². The molecule has 0 amide bonds. The third kappa shape index (κ3) is 5.56. The van der Waals surface area contributed by atoms with Crippen molar-refractivity contribution >= 4 is 27.3 Å². The number of aromatic nitrogens is 2. The molecule has 7 nitrogen and oxygen atoms in total. The molecule has 0 bridgehead atoms. The van der Waals surface area contributed by atoms with E-state index in [9.17, 15) is 21.6 Å². The van der Waals surface area contributed by atoms with Gasteiger partial charge in [0.05, 0.1) is 16.4 Å². The first kappa shape index (κ1) is 25.6. The smallest absolute Gasteiger partial charge is 0.475 e. The molecule has 12 heteroatoms. The Kier molecular flexibility index (Phi) is 7.86. The summed E-state index contributed by atoms with van der Waals surface area (Å²) in [6.45, 7) is 6.13. The molecule has 174 valence electrons. The zero-order valence-electron chi connectivity index (χ0n) is 17.7. The van der Waals surface area contributed by atoms with Gasteiger partial charge in [0.2, 0.25) is 0 Å². The molecule has 0 aliphatic rings. The summed E-state index contributed by atoms with van der Waals surface area (Å²) in [5.41, 5.74) is 4.05. The van der Waals surface area contributed by atoms with Gasteiger partial charge in [-0.3, -0.25) is 0 Å². The normalized spacial score (nSPS) is 11.7. The Hall–Kier alpha value is -2.70. The van der Waals surface area contributed by atoms with Crippen LogP contribution in [-0.4, -0.2) is 41.7 Å². The van der Waals surface area contributed by atoms with Crippen molar-refractivity contribution in [3.05, 3.63) is 58.4 Å². The van der Waals surface area contributed by atoms with Crippen LogP contribution in [0.4, 0.5) is 13.2 Å². The van der Waals surface area contributed by atoms with Gasteiger partial charge in [-0.25, -0.2) is 13.8 Å². The summed E-state index contributed by atoms with van der Waals surface area (Å²) in [7, 11) is -1.85. The number of carbonyl (C=O) groups is 1. The average Bonchev–Trinajstić information content (AvgIpc) is 3.22. The maximum atomic E-state index is 13.3. The van der Waals surface area contributed by atoms with E-state index in [4.69, 9.17) is 9.90 Å². The molecular weight excluding hydrogens is 467 g/mol. The van der Waals surface area contributed by atoms with E-state index in [-0.39, 0.29) is 0 Å². The number of hydrogen-bond donors (Lipinski definition) is 2. The van der Waals surface area contributed by atoms with Gasteiger partial charge in [0.25, 0.3) is 10.0 Å². The van der Waals surface area contributed by atoms with Gasteiger partial charge in [-0.05, 0) is 44.5 Å². The van der Waals surface area contributed by atoms with Gasteiger partial charge in [-0.1, -0.05) is 30.3 Å². The van der Waals surface area contributed by atoms with Gasteiger partial charge < -0.3 is 10.4 Å². The summed E-state index contributed by atoms with van der Waals surface area (Å²) >= 11 is 1.21. The maximum Gasteiger partial charge on any atom is 0.490 e. The van der Waals surface area contributed by atoms with E-state index in [1.165, 1.54) is 15.3 Å². The number of halogens is 3. The molecule has 0 spiro atoms. The van der Waals surface area contributed by atoms with Crippen LogP contribution in [0, 0.1) is 20.8 Å². The summed E-state index contributed by atoms with van der Waals surface area (Å²) in [5.74, 6) is -2.76. The Morgan fingerprint density at radius 1 is 1.19 bits per heavy atom. The quantitative estimate of drug-likeness (QED) is 0.559. The zero-order chi connectivity index (χ0) is 24.3. The van der Waals surface area contributed by atoms with Crippen LogP contribution in [0.3, 0.4) is 0 Å². The predicted octanol–water partition coefficient (Wildman–Crippen LogP) is 4.13. The minimum Gasteiger partial charge on any atom is -0.475 e. The van der Waals surface area contributed by atoms with E-state index < -0.39 is 22.2 Å². The standard InChI is InChI=1S/C18H21N3O2S2.C2HF3O2/c1-12-16(10-19-4)11-21(17(12)15-8-6-5-7-9-15)25(22,23)18-13(2)20-14(3)24-18;3-2(4,5)1(6)7/h5-9,11,19H,10H2,1-4H3;(H,6,7). The van der Waals surface area contributed by atoms with E-state index in [1.54, 1.807) is 13.1 Å². The molecule has 3 aromatic rings. The van der Waals surface area contributed by atoms with Crippen molar-refractivity contribution in [3.63, 3.8) is 0 Å². The molecule has 2 N–H and O–H groups in total. The topological polar surface area (TPSA) is 101 Å². The number of aryl methyl sites for hydroxylation is 2. The summed E-state index contributed by atoms with van der Waals surface area (Å²) in [6, 6.07) is 9.62. The number of hydrogen-bond acceptors (Lipinski definition) is 6. The molecule has 0 aliphatic heterocycles. The third-order valence-corrected chi connectivity index (χ3v) is 7.66. The lowest BCUT2D eigenvalue weighted by atomic mass is 10.1. The number of carboxylic acid groups (broad SMARTS) is 1. The van der Waals surface area contributed by atoms with Gasteiger partial charge in [0.15, 0.2) is 4.21 Å². The molecule has 0 aliphatic carbocycles. The molecule has 1 aromatic carbocycles. The largest absolute Gasteiger partial charge is 0.490 e. The first-order chi connectivity index (χ1) is 14.8. The molecule has 3 rings (SSSR count). The highest BCUT2D eigenvalue weighted by Crippen LogP contribution is 2.33. The number of nitrogens with zero attached hydrogens (tertiary/aromatic N) is 2. The fourth-order valence-corrected chi connectivity index (χ4v) is 5.97. The molecule has 0 saturated carbocycles. The lowest BCUT2D eigenvalue weighted by Crippen LogP contribution is -2.21. The first-order valence-corrected chi connectivity index (χ1v) is 11.5. The number of alkyl halides is 3. The van der Waals surface area contributed by atoms with Crippen LogP contribution >= 0.6 is 11.3 Å². The van der Waals surface area contributed by atoms with Gasteiger partial charge >= 0.3 is 12.1 Å². The van der Waals surface area contributed by atoms with Crippen LogP contribution in [0.1, 0.15) is 21.8 Å². The Bertz CT molecular complexity index is 1200. The second kappa shape index (κ2) is 9.84. The van der Waals surface area contributed by atoms with Crippen molar-refractivity contribution in [3.8, 4) is 11.3 Å². The van der Waals surface area contributed by atoms with Crippen LogP contribution in [0.15, 0.2) is 40.7 Å². The van der Waals surface area contributed by atoms with E-state index >= 15 is 0 Å². The second-order valence-electron chi connectivity index (χ2n) is 6.73. The van der Waals surface area contributed by atoms with Crippen molar-refractivity contribution in [2.45, 2.75) is 37.7 Å². The third-order valence-electron chi connectivity index (χ3n) is 4.34. The molecule has 2 heterocycles. The highest BCUT2D eigenvalue weighted by atomic mass is 32.2. The van der Waals surface area contributed by atoms with Crippen molar-refractivity contribution in [2.24, 2.45) is 0 Å². The number of rotatable bonds is 5. The van der Waals surface area contributed by atoms with Crippen molar-refractivity contribution < 1.29 is 31.5 Å². The van der Waals surface area contributed by atoms with Crippen LogP contribution in [0.25, 0.3) is 11.3 Å². The fraction of sp³-hybridized carbons (Fsp3) is 0.300. The molecule has 0 saturated heterocycles. The minimum absolute atomic E-state index is 0.299. The predicted molar refractivity (Wildman–Crippen MR) is 115 cm³/mol. The van der Waals surface area contributed by atoms with Crippen LogP contribution < -0.4 is 5.32 Å². The number of thiazole rings is 1. The summed E-state index contributed by atoms with van der Waals surface area (Å²) in [4.78, 5) is 13.2. The highest BCUT2D eigenvalue weighted by Gasteiger charge is 2.38. The van der Waals surface area contributed by atoms with E-state index in [0.29, 0.717) is 22.1 Å². The van der Waals surface area contributed by atoms with Crippen LogP contribution in [0.2, 0.25) is 0 Å². The molecule has 32 heavy (non-hydrogen) atoms. The van der Waals surface area contributed by atoms with Crippen molar-refractivity contribution in [1.29, 1.82) is 0 Å². The number of carboxylic acids is 1. The second-order valence-corrected chi connectivity index (χ2v) is 9.95. The van der Waals surface area contributed by atoms with Crippen molar-refractivity contribution in [2.75, 3.05) is 7.05 Å². The fourth-order valence-electron chi connectivity index (χ4n) is 2.96. The van der Waals surface area contributed by atoms with Gasteiger partial charge in [-0.2, -0.15) is 21.6 Å². The summed E-state index contributed by atoms with van der Waals surface area (Å²) in [5, 5.41) is 11.0. The van der Waals surface area contributed by atoms with Gasteiger partial charge in [0, 0.05) is 12.7 Å². The van der Waals surface area contributed by atoms with Gasteiger partial charge in [0.1, 0.15) is 0 Å². The Balaban J connectivity index is 0.000000451. The molecule has 0 radical (unpaired) electrons. The summed E-state index contributed by atoms with van der Waals surface area (Å²) < 4.78 is 60.1. The van der Waals surface area contributed by atoms with E-state index in [0.717, 1.165) is 21.7 Å². The Labute approximate surface area is 187 Å².